The van der Waals surface area contributed by atoms with Crippen molar-refractivity contribution in [2.24, 2.45) is 0 Å². The van der Waals surface area contributed by atoms with Crippen molar-refractivity contribution in [3.63, 3.8) is 0 Å². The SMILES string of the molecule is O=COC(Cc1cn[nH]c1C1CC1)c1cc(S(=O)(=O)Cl)ccc1Cl. The Morgan fingerprint density at radius 1 is 1.42 bits per heavy atom. The van der Waals surface area contributed by atoms with Gasteiger partial charge in [0, 0.05) is 39.3 Å². The summed E-state index contributed by atoms with van der Waals surface area (Å²) in [6, 6.07) is 4.06. The molecule has 1 N–H and O–H groups in total. The second-order valence-electron chi connectivity index (χ2n) is 5.63. The average Bonchev–Trinajstić information content (AvgIpc) is 3.26. The molecule has 1 aromatic heterocycles. The average molecular weight is 389 g/mol. The predicted octanol–water partition coefficient (Wildman–Crippen LogP) is 3.32. The maximum Gasteiger partial charge on any atom is 0.293 e. The maximum absolute atomic E-state index is 11.5. The number of aromatic amines is 1. The summed E-state index contributed by atoms with van der Waals surface area (Å²) in [5, 5.41) is 7.32. The molecule has 1 heterocycles. The van der Waals surface area contributed by atoms with Gasteiger partial charge in [-0.05, 0) is 36.6 Å². The van der Waals surface area contributed by atoms with Crippen molar-refractivity contribution in [2.75, 3.05) is 0 Å². The molecule has 24 heavy (non-hydrogen) atoms. The third kappa shape index (κ3) is 3.74. The summed E-state index contributed by atoms with van der Waals surface area (Å²) in [7, 11) is 1.47. The van der Waals surface area contributed by atoms with Gasteiger partial charge < -0.3 is 4.74 Å². The van der Waals surface area contributed by atoms with Crippen LogP contribution in [0.4, 0.5) is 0 Å². The zero-order valence-electron chi connectivity index (χ0n) is 12.4. The molecule has 1 unspecified atom stereocenters. The van der Waals surface area contributed by atoms with E-state index < -0.39 is 15.2 Å². The first kappa shape index (κ1) is 17.3. The van der Waals surface area contributed by atoms with Crippen LogP contribution >= 0.6 is 22.3 Å². The smallest absolute Gasteiger partial charge is 0.293 e. The van der Waals surface area contributed by atoms with Gasteiger partial charge in [-0.3, -0.25) is 9.89 Å². The minimum absolute atomic E-state index is 0.0994. The van der Waals surface area contributed by atoms with Gasteiger partial charge in [0.25, 0.3) is 15.5 Å². The van der Waals surface area contributed by atoms with Crippen molar-refractivity contribution in [1.82, 2.24) is 10.2 Å². The van der Waals surface area contributed by atoms with Gasteiger partial charge in [0.15, 0.2) is 0 Å². The standard InChI is InChI=1S/C15H14Cl2N2O4S/c16-13-4-3-11(24(17,21)22)6-12(13)14(23-8-20)5-10-7-18-19-15(10)9-1-2-9/h3-4,6-9,14H,1-2,5H2,(H,18,19). The van der Waals surface area contributed by atoms with E-state index in [1.807, 2.05) is 0 Å². The monoisotopic (exact) mass is 388 g/mol. The zero-order chi connectivity index (χ0) is 17.3. The van der Waals surface area contributed by atoms with Crippen LogP contribution in [0.15, 0.2) is 29.3 Å². The molecule has 9 heteroatoms. The van der Waals surface area contributed by atoms with Crippen LogP contribution < -0.4 is 0 Å². The fourth-order valence-corrected chi connectivity index (χ4v) is 3.65. The van der Waals surface area contributed by atoms with Crippen LogP contribution in [0.2, 0.25) is 5.02 Å². The molecule has 6 nitrogen and oxygen atoms in total. The molecule has 0 aliphatic heterocycles. The van der Waals surface area contributed by atoms with E-state index in [1.165, 1.54) is 18.2 Å². The van der Waals surface area contributed by atoms with Crippen LogP contribution in [0.1, 0.15) is 41.7 Å². The van der Waals surface area contributed by atoms with Crippen LogP contribution in [0.3, 0.4) is 0 Å². The molecule has 0 radical (unpaired) electrons. The van der Waals surface area contributed by atoms with Crippen LogP contribution in [0, 0.1) is 0 Å². The Hall–Kier alpha value is -1.57. The number of carbonyl (C=O) groups is 1. The predicted molar refractivity (Wildman–Crippen MR) is 88.6 cm³/mol. The van der Waals surface area contributed by atoms with E-state index in [1.54, 1.807) is 6.20 Å². The minimum Gasteiger partial charge on any atom is -0.459 e. The summed E-state index contributed by atoms with van der Waals surface area (Å²) in [6.45, 7) is 0.319. The Bertz CT molecular complexity index is 862. The van der Waals surface area contributed by atoms with Crippen LogP contribution in [0.5, 0.6) is 0 Å². The highest BCUT2D eigenvalue weighted by Gasteiger charge is 2.29. The van der Waals surface area contributed by atoms with Crippen LogP contribution in [0.25, 0.3) is 0 Å². The number of rotatable bonds is 7. The van der Waals surface area contributed by atoms with Gasteiger partial charge in [0.1, 0.15) is 6.10 Å². The molecule has 0 spiro atoms. The summed E-state index contributed by atoms with van der Waals surface area (Å²) in [5.74, 6) is 0.449. The summed E-state index contributed by atoms with van der Waals surface area (Å²) in [6.07, 6.45) is 3.48. The first-order chi connectivity index (χ1) is 11.4. The highest BCUT2D eigenvalue weighted by atomic mass is 35.7. The number of nitrogens with zero attached hydrogens (tertiary/aromatic N) is 1. The number of hydrogen-bond acceptors (Lipinski definition) is 5. The highest BCUT2D eigenvalue weighted by Crippen LogP contribution is 2.41. The Balaban J connectivity index is 1.95. The molecule has 3 rings (SSSR count). The second kappa shape index (κ2) is 6.74. The van der Waals surface area contributed by atoms with Crippen molar-refractivity contribution >= 4 is 37.8 Å². The molecule has 0 amide bonds. The Morgan fingerprint density at radius 3 is 2.79 bits per heavy atom. The summed E-state index contributed by atoms with van der Waals surface area (Å²) >= 11 is 6.17. The van der Waals surface area contributed by atoms with E-state index in [0.29, 0.717) is 29.4 Å². The van der Waals surface area contributed by atoms with Gasteiger partial charge in [-0.2, -0.15) is 5.10 Å². The minimum atomic E-state index is -3.91. The first-order valence-corrected chi connectivity index (χ1v) is 9.94. The number of nitrogens with one attached hydrogen (secondary N) is 1. The largest absolute Gasteiger partial charge is 0.459 e. The van der Waals surface area contributed by atoms with Crippen molar-refractivity contribution in [3.8, 4) is 0 Å². The first-order valence-electron chi connectivity index (χ1n) is 7.25. The normalized spacial score (nSPS) is 15.9. The summed E-state index contributed by atoms with van der Waals surface area (Å²) in [5.41, 5.74) is 2.32. The Kier molecular flexibility index (Phi) is 4.85. The number of ether oxygens (including phenoxy) is 1. The van der Waals surface area contributed by atoms with Gasteiger partial charge in [-0.15, -0.1) is 0 Å². The van der Waals surface area contributed by atoms with Gasteiger partial charge in [0.05, 0.1) is 11.1 Å². The quantitative estimate of drug-likeness (QED) is 0.580. The molecule has 1 fully saturated rings. The van der Waals surface area contributed by atoms with E-state index in [-0.39, 0.29) is 4.90 Å². The number of H-pyrrole nitrogens is 1. The topological polar surface area (TPSA) is 89.1 Å². The summed E-state index contributed by atoms with van der Waals surface area (Å²) < 4.78 is 28.2. The lowest BCUT2D eigenvalue weighted by Gasteiger charge is -2.17. The lowest BCUT2D eigenvalue weighted by molar-refractivity contribution is -0.133. The number of halogens is 2. The van der Waals surface area contributed by atoms with Crippen molar-refractivity contribution in [2.45, 2.75) is 36.2 Å². The van der Waals surface area contributed by atoms with Crippen LogP contribution in [-0.2, 0) is 25.0 Å². The molecule has 2 aromatic rings. The fraction of sp³-hybridized carbons (Fsp3) is 0.333. The van der Waals surface area contributed by atoms with E-state index in [4.69, 9.17) is 27.0 Å². The van der Waals surface area contributed by atoms with Crippen molar-refractivity contribution in [1.29, 1.82) is 0 Å². The second-order valence-corrected chi connectivity index (χ2v) is 8.60. The van der Waals surface area contributed by atoms with Crippen molar-refractivity contribution in [3.05, 3.63) is 46.2 Å². The molecule has 1 aliphatic rings. The highest BCUT2D eigenvalue weighted by molar-refractivity contribution is 8.13. The lowest BCUT2D eigenvalue weighted by atomic mass is 10.0. The maximum atomic E-state index is 11.5. The Labute approximate surface area is 148 Å². The van der Waals surface area contributed by atoms with E-state index >= 15 is 0 Å². The zero-order valence-corrected chi connectivity index (χ0v) is 14.7. The molecule has 1 aliphatic carbocycles. The Morgan fingerprint density at radius 2 is 2.17 bits per heavy atom. The molecule has 0 bridgehead atoms. The molecule has 128 valence electrons. The van der Waals surface area contributed by atoms with Gasteiger partial charge >= 0.3 is 0 Å². The van der Waals surface area contributed by atoms with Gasteiger partial charge in [-0.25, -0.2) is 8.42 Å². The van der Waals surface area contributed by atoms with Crippen molar-refractivity contribution < 1.29 is 17.9 Å². The number of benzene rings is 1. The van der Waals surface area contributed by atoms with E-state index in [2.05, 4.69) is 10.2 Å². The third-order valence-corrected chi connectivity index (χ3v) is 5.65. The molecule has 1 aromatic carbocycles. The fourth-order valence-electron chi connectivity index (χ4n) is 2.63. The van der Waals surface area contributed by atoms with E-state index in [0.717, 1.165) is 24.1 Å². The van der Waals surface area contributed by atoms with E-state index in [9.17, 15) is 13.2 Å². The lowest BCUT2D eigenvalue weighted by Crippen LogP contribution is -2.09. The van der Waals surface area contributed by atoms with Crippen LogP contribution in [-0.4, -0.2) is 25.1 Å². The summed E-state index contributed by atoms with van der Waals surface area (Å²) in [4.78, 5) is 10.8. The number of aromatic nitrogens is 2. The molecule has 1 atom stereocenters. The number of hydrogen-bond donors (Lipinski definition) is 1. The molecule has 1 saturated carbocycles. The third-order valence-electron chi connectivity index (χ3n) is 3.96. The molecule has 0 saturated heterocycles. The molecular formula is C15H14Cl2N2O4S. The van der Waals surface area contributed by atoms with Gasteiger partial charge in [-0.1, -0.05) is 11.6 Å². The number of carbonyl (C=O) groups excluding carboxylic acids is 1. The molecular weight excluding hydrogens is 375 g/mol. The van der Waals surface area contributed by atoms with Gasteiger partial charge in [0.2, 0.25) is 0 Å².